The predicted molar refractivity (Wildman–Crippen MR) is 122 cm³/mol. The molecule has 0 atom stereocenters. The van der Waals surface area contributed by atoms with E-state index in [0.29, 0.717) is 49.8 Å². The first-order valence-electron chi connectivity index (χ1n) is 11.1. The summed E-state index contributed by atoms with van der Waals surface area (Å²) in [6.45, 7) is 3.78. The fourth-order valence-corrected chi connectivity index (χ4v) is 3.73. The molecule has 1 saturated heterocycles. The molecule has 172 valence electrons. The number of piperidine rings is 1. The average Bonchev–Trinajstić information content (AvgIpc) is 2.83. The third kappa shape index (κ3) is 6.90. The van der Waals surface area contributed by atoms with Crippen LogP contribution >= 0.6 is 0 Å². The Morgan fingerprint density at radius 1 is 1.03 bits per heavy atom. The van der Waals surface area contributed by atoms with Crippen molar-refractivity contribution in [2.45, 2.75) is 38.6 Å². The van der Waals surface area contributed by atoms with Crippen molar-refractivity contribution in [3.05, 3.63) is 54.1 Å². The van der Waals surface area contributed by atoms with Gasteiger partial charge < -0.3 is 24.4 Å². The molecule has 0 saturated carbocycles. The molecule has 1 heterocycles. The number of benzene rings is 2. The summed E-state index contributed by atoms with van der Waals surface area (Å²) in [6, 6.07) is 15.2. The van der Waals surface area contributed by atoms with Gasteiger partial charge in [0.1, 0.15) is 5.75 Å². The molecule has 0 bridgehead atoms. The van der Waals surface area contributed by atoms with E-state index in [-0.39, 0.29) is 24.5 Å². The minimum atomic E-state index is -0.0249. The van der Waals surface area contributed by atoms with E-state index in [0.717, 1.165) is 18.4 Å². The number of hydrogen-bond donors (Lipinski definition) is 1. The first-order chi connectivity index (χ1) is 15.6. The highest BCUT2D eigenvalue weighted by molar-refractivity contribution is 5.78. The van der Waals surface area contributed by atoms with Crippen molar-refractivity contribution in [2.24, 2.45) is 0 Å². The normalized spacial score (nSPS) is 14.0. The summed E-state index contributed by atoms with van der Waals surface area (Å²) in [5, 5.41) is 3.10. The number of carbonyl (C=O) groups is 2. The number of nitrogens with one attached hydrogen (secondary N) is 1. The Balaban J connectivity index is 1.37. The molecule has 3 rings (SSSR count). The van der Waals surface area contributed by atoms with Crippen LogP contribution in [0.15, 0.2) is 48.5 Å². The molecular weight excluding hydrogens is 408 g/mol. The lowest BCUT2D eigenvalue weighted by molar-refractivity contribution is -0.134. The van der Waals surface area contributed by atoms with Gasteiger partial charge in [0.25, 0.3) is 5.91 Å². The third-order valence-electron chi connectivity index (χ3n) is 5.49. The van der Waals surface area contributed by atoms with Crippen LogP contribution in [-0.4, -0.2) is 56.2 Å². The van der Waals surface area contributed by atoms with Gasteiger partial charge in [-0.1, -0.05) is 24.3 Å². The Morgan fingerprint density at radius 2 is 1.78 bits per heavy atom. The van der Waals surface area contributed by atoms with Crippen molar-refractivity contribution in [1.82, 2.24) is 10.2 Å². The van der Waals surface area contributed by atoms with Crippen LogP contribution in [-0.2, 0) is 16.0 Å². The van der Waals surface area contributed by atoms with Gasteiger partial charge in [-0.15, -0.1) is 0 Å². The summed E-state index contributed by atoms with van der Waals surface area (Å²) in [4.78, 5) is 26.6. The molecular formula is C25H32N2O5. The molecule has 7 heteroatoms. The second-order valence-electron chi connectivity index (χ2n) is 7.74. The zero-order chi connectivity index (χ0) is 22.8. The number of hydrogen-bond acceptors (Lipinski definition) is 5. The van der Waals surface area contributed by atoms with Gasteiger partial charge in [0.2, 0.25) is 5.91 Å². The lowest BCUT2D eigenvalue weighted by Gasteiger charge is -2.32. The minimum Gasteiger partial charge on any atom is -0.493 e. The molecule has 2 aromatic carbocycles. The highest BCUT2D eigenvalue weighted by Crippen LogP contribution is 2.28. The zero-order valence-electron chi connectivity index (χ0n) is 18.8. The van der Waals surface area contributed by atoms with Crippen molar-refractivity contribution in [2.75, 3.05) is 33.4 Å². The van der Waals surface area contributed by atoms with E-state index >= 15 is 0 Å². The monoisotopic (exact) mass is 440 g/mol. The average molecular weight is 441 g/mol. The summed E-state index contributed by atoms with van der Waals surface area (Å²) in [5.74, 6) is 2.07. The molecule has 0 radical (unpaired) electrons. The second kappa shape index (κ2) is 12.0. The Bertz CT molecular complexity index is 879. The lowest BCUT2D eigenvalue weighted by Crippen LogP contribution is -2.47. The fraction of sp³-hybridized carbons (Fsp3) is 0.440. The Labute approximate surface area is 189 Å². The van der Waals surface area contributed by atoms with Crippen LogP contribution in [0, 0.1) is 0 Å². The van der Waals surface area contributed by atoms with Crippen molar-refractivity contribution < 1.29 is 23.8 Å². The summed E-state index contributed by atoms with van der Waals surface area (Å²) in [5.41, 5.74) is 1.03. The molecule has 0 aliphatic carbocycles. The SMILES string of the molecule is CCOc1ccc(CCC(=O)NC2CCN(C(=O)COc3ccccc3)CC2)cc1OC. The Morgan fingerprint density at radius 3 is 2.47 bits per heavy atom. The number of para-hydroxylation sites is 1. The van der Waals surface area contributed by atoms with Crippen LogP contribution in [0.25, 0.3) is 0 Å². The highest BCUT2D eigenvalue weighted by atomic mass is 16.5. The van der Waals surface area contributed by atoms with Gasteiger partial charge in [-0.05, 0) is 56.0 Å². The van der Waals surface area contributed by atoms with E-state index in [1.54, 1.807) is 12.0 Å². The molecule has 32 heavy (non-hydrogen) atoms. The van der Waals surface area contributed by atoms with Gasteiger partial charge in [-0.2, -0.15) is 0 Å². The van der Waals surface area contributed by atoms with Gasteiger partial charge in [0, 0.05) is 25.6 Å². The standard InChI is InChI=1S/C25H32N2O5/c1-3-31-22-11-9-19(17-23(22)30-2)10-12-24(28)26-20-13-15-27(16-14-20)25(29)18-32-21-7-5-4-6-8-21/h4-9,11,17,20H,3,10,12-16,18H2,1-2H3,(H,26,28). The topological polar surface area (TPSA) is 77.1 Å². The number of methoxy groups -OCH3 is 1. The first-order valence-corrected chi connectivity index (χ1v) is 11.1. The van der Waals surface area contributed by atoms with Crippen LogP contribution < -0.4 is 19.5 Å². The van der Waals surface area contributed by atoms with Gasteiger partial charge in [0.15, 0.2) is 18.1 Å². The first kappa shape index (κ1) is 23.4. The summed E-state index contributed by atoms with van der Waals surface area (Å²) >= 11 is 0. The fourth-order valence-electron chi connectivity index (χ4n) is 3.73. The Kier molecular flexibility index (Phi) is 8.78. The molecule has 7 nitrogen and oxygen atoms in total. The molecule has 2 aromatic rings. The smallest absolute Gasteiger partial charge is 0.260 e. The van der Waals surface area contributed by atoms with E-state index in [1.807, 2.05) is 55.5 Å². The van der Waals surface area contributed by atoms with Crippen LogP contribution in [0.2, 0.25) is 0 Å². The van der Waals surface area contributed by atoms with E-state index in [9.17, 15) is 9.59 Å². The van der Waals surface area contributed by atoms with Crippen LogP contribution in [0.5, 0.6) is 17.2 Å². The third-order valence-corrected chi connectivity index (χ3v) is 5.49. The van der Waals surface area contributed by atoms with Gasteiger partial charge in [-0.25, -0.2) is 0 Å². The largest absolute Gasteiger partial charge is 0.493 e. The molecule has 0 aromatic heterocycles. The van der Waals surface area contributed by atoms with Crippen LogP contribution in [0.4, 0.5) is 0 Å². The van der Waals surface area contributed by atoms with E-state index in [4.69, 9.17) is 14.2 Å². The maximum atomic E-state index is 12.4. The van der Waals surface area contributed by atoms with Crippen molar-refractivity contribution in [3.63, 3.8) is 0 Å². The molecule has 1 N–H and O–H groups in total. The summed E-state index contributed by atoms with van der Waals surface area (Å²) in [6.07, 6.45) is 2.53. The number of rotatable bonds is 10. The summed E-state index contributed by atoms with van der Waals surface area (Å²) in [7, 11) is 1.61. The number of amides is 2. The number of aryl methyl sites for hydroxylation is 1. The minimum absolute atomic E-state index is 0.0232. The maximum Gasteiger partial charge on any atom is 0.260 e. The molecule has 0 spiro atoms. The molecule has 1 fully saturated rings. The molecule has 0 unspecified atom stereocenters. The molecule has 1 aliphatic rings. The Hall–Kier alpha value is -3.22. The predicted octanol–water partition coefficient (Wildman–Crippen LogP) is 3.21. The molecule has 2 amide bonds. The number of likely N-dealkylation sites (tertiary alicyclic amines) is 1. The summed E-state index contributed by atoms with van der Waals surface area (Å²) < 4.78 is 16.5. The van der Waals surface area contributed by atoms with Crippen molar-refractivity contribution in [3.8, 4) is 17.2 Å². The quantitative estimate of drug-likeness (QED) is 0.614. The van der Waals surface area contributed by atoms with Crippen LogP contribution in [0.1, 0.15) is 31.7 Å². The zero-order valence-corrected chi connectivity index (χ0v) is 18.8. The molecule has 1 aliphatic heterocycles. The van der Waals surface area contributed by atoms with Crippen molar-refractivity contribution >= 4 is 11.8 Å². The highest BCUT2D eigenvalue weighted by Gasteiger charge is 2.24. The second-order valence-corrected chi connectivity index (χ2v) is 7.74. The van der Waals surface area contributed by atoms with E-state index < -0.39 is 0 Å². The van der Waals surface area contributed by atoms with E-state index in [1.165, 1.54) is 0 Å². The number of ether oxygens (including phenoxy) is 3. The number of carbonyl (C=O) groups excluding carboxylic acids is 2. The van der Waals surface area contributed by atoms with Gasteiger partial charge in [0.05, 0.1) is 13.7 Å². The van der Waals surface area contributed by atoms with Crippen LogP contribution in [0.3, 0.4) is 0 Å². The van der Waals surface area contributed by atoms with Gasteiger partial charge >= 0.3 is 0 Å². The lowest BCUT2D eigenvalue weighted by atomic mass is 10.0. The maximum absolute atomic E-state index is 12.4. The van der Waals surface area contributed by atoms with Crippen molar-refractivity contribution in [1.29, 1.82) is 0 Å². The number of nitrogens with zero attached hydrogens (tertiary/aromatic N) is 1. The van der Waals surface area contributed by atoms with E-state index in [2.05, 4.69) is 5.32 Å². The van der Waals surface area contributed by atoms with Gasteiger partial charge in [-0.3, -0.25) is 9.59 Å².